The SMILES string of the molecule is C=CCN(C(=O)c1scnc1C)[C@H]1CCN(Cc2ccccc2)C1. The molecule has 1 aliphatic rings. The second-order valence-corrected chi connectivity index (χ2v) is 7.03. The van der Waals surface area contributed by atoms with Crippen molar-refractivity contribution in [2.24, 2.45) is 0 Å². The van der Waals surface area contributed by atoms with Crippen molar-refractivity contribution >= 4 is 17.2 Å². The van der Waals surface area contributed by atoms with Crippen LogP contribution in [-0.4, -0.2) is 46.4 Å². The van der Waals surface area contributed by atoms with Crippen LogP contribution in [0.25, 0.3) is 0 Å². The zero-order chi connectivity index (χ0) is 16.9. The van der Waals surface area contributed by atoms with Crippen molar-refractivity contribution in [1.82, 2.24) is 14.8 Å². The third-order valence-corrected chi connectivity index (χ3v) is 5.38. The molecule has 0 unspecified atom stereocenters. The Morgan fingerprint density at radius 3 is 2.92 bits per heavy atom. The molecule has 1 fully saturated rings. The molecule has 1 atom stereocenters. The molecule has 4 nitrogen and oxygen atoms in total. The molecule has 0 N–H and O–H groups in total. The van der Waals surface area contributed by atoms with Gasteiger partial charge in [-0.2, -0.15) is 0 Å². The van der Waals surface area contributed by atoms with E-state index in [9.17, 15) is 4.79 Å². The first kappa shape index (κ1) is 16.9. The Morgan fingerprint density at radius 2 is 2.25 bits per heavy atom. The van der Waals surface area contributed by atoms with Crippen molar-refractivity contribution in [1.29, 1.82) is 0 Å². The zero-order valence-corrected chi connectivity index (χ0v) is 14.8. The quantitative estimate of drug-likeness (QED) is 0.756. The van der Waals surface area contributed by atoms with E-state index in [2.05, 4.69) is 40.7 Å². The van der Waals surface area contributed by atoms with E-state index in [1.54, 1.807) is 5.51 Å². The predicted molar refractivity (Wildman–Crippen MR) is 98.2 cm³/mol. The van der Waals surface area contributed by atoms with Gasteiger partial charge in [0.15, 0.2) is 0 Å². The highest BCUT2D eigenvalue weighted by molar-refractivity contribution is 7.11. The largest absolute Gasteiger partial charge is 0.330 e. The van der Waals surface area contributed by atoms with Crippen LogP contribution in [0.5, 0.6) is 0 Å². The number of aromatic nitrogens is 1. The number of benzene rings is 1. The number of carbonyl (C=O) groups is 1. The van der Waals surface area contributed by atoms with Crippen LogP contribution >= 0.6 is 11.3 Å². The number of nitrogens with zero attached hydrogens (tertiary/aromatic N) is 3. The minimum Gasteiger partial charge on any atom is -0.330 e. The molecule has 24 heavy (non-hydrogen) atoms. The lowest BCUT2D eigenvalue weighted by atomic mass is 10.2. The molecule has 2 heterocycles. The lowest BCUT2D eigenvalue weighted by Crippen LogP contribution is -2.42. The smallest absolute Gasteiger partial charge is 0.266 e. The van der Waals surface area contributed by atoms with E-state index in [0.717, 1.165) is 36.6 Å². The molecule has 1 saturated heterocycles. The van der Waals surface area contributed by atoms with E-state index in [0.29, 0.717) is 6.54 Å². The monoisotopic (exact) mass is 341 g/mol. The average molecular weight is 341 g/mol. The van der Waals surface area contributed by atoms with Crippen molar-refractivity contribution < 1.29 is 4.79 Å². The summed E-state index contributed by atoms with van der Waals surface area (Å²) in [5.41, 5.74) is 3.88. The highest BCUT2D eigenvalue weighted by atomic mass is 32.1. The molecular weight excluding hydrogens is 318 g/mol. The van der Waals surface area contributed by atoms with E-state index >= 15 is 0 Å². The van der Waals surface area contributed by atoms with E-state index in [-0.39, 0.29) is 11.9 Å². The van der Waals surface area contributed by atoms with Crippen molar-refractivity contribution in [2.75, 3.05) is 19.6 Å². The number of carbonyl (C=O) groups excluding carboxylic acids is 1. The fourth-order valence-electron chi connectivity index (χ4n) is 3.23. The van der Waals surface area contributed by atoms with E-state index < -0.39 is 0 Å². The topological polar surface area (TPSA) is 36.4 Å². The van der Waals surface area contributed by atoms with Gasteiger partial charge in [-0.3, -0.25) is 9.69 Å². The summed E-state index contributed by atoms with van der Waals surface area (Å²) in [7, 11) is 0. The highest BCUT2D eigenvalue weighted by Gasteiger charge is 2.31. The Morgan fingerprint density at radius 1 is 1.46 bits per heavy atom. The average Bonchev–Trinajstić information content (AvgIpc) is 3.22. The molecular formula is C19H23N3OS. The second-order valence-electron chi connectivity index (χ2n) is 6.18. The number of likely N-dealkylation sites (tertiary alicyclic amines) is 1. The van der Waals surface area contributed by atoms with Gasteiger partial charge in [-0.1, -0.05) is 36.4 Å². The standard InChI is InChI=1S/C19H23N3OS/c1-3-10-22(19(23)18-15(2)20-14-24-18)17-9-11-21(13-17)12-16-7-5-4-6-8-16/h3-8,14,17H,1,9-13H2,2H3/t17-/m0/s1. The van der Waals surface area contributed by atoms with Gasteiger partial charge in [0.2, 0.25) is 0 Å². The normalized spacial score (nSPS) is 17.8. The molecule has 1 amide bonds. The summed E-state index contributed by atoms with van der Waals surface area (Å²) in [6, 6.07) is 10.7. The molecule has 0 saturated carbocycles. The van der Waals surface area contributed by atoms with Gasteiger partial charge in [-0.05, 0) is 18.9 Å². The van der Waals surface area contributed by atoms with Crippen molar-refractivity contribution in [3.63, 3.8) is 0 Å². The summed E-state index contributed by atoms with van der Waals surface area (Å²) in [6.45, 7) is 9.17. The maximum absolute atomic E-state index is 12.9. The second kappa shape index (κ2) is 7.73. The Hall–Kier alpha value is -1.98. The molecule has 0 radical (unpaired) electrons. The lowest BCUT2D eigenvalue weighted by Gasteiger charge is -2.28. The maximum atomic E-state index is 12.9. The molecule has 5 heteroatoms. The summed E-state index contributed by atoms with van der Waals surface area (Å²) in [5, 5.41) is 0. The van der Waals surface area contributed by atoms with Crippen LogP contribution in [0.4, 0.5) is 0 Å². The van der Waals surface area contributed by atoms with E-state index in [1.807, 2.05) is 24.0 Å². The van der Waals surface area contributed by atoms with Crippen LogP contribution in [0.3, 0.4) is 0 Å². The number of thiazole rings is 1. The van der Waals surface area contributed by atoms with Crippen LogP contribution in [0.2, 0.25) is 0 Å². The first-order chi connectivity index (χ1) is 11.7. The van der Waals surface area contributed by atoms with Gasteiger partial charge in [-0.25, -0.2) is 4.98 Å². The van der Waals surface area contributed by atoms with Gasteiger partial charge in [0.25, 0.3) is 5.91 Å². The lowest BCUT2D eigenvalue weighted by molar-refractivity contribution is 0.0710. The molecule has 1 aliphatic heterocycles. The summed E-state index contributed by atoms with van der Waals surface area (Å²) >= 11 is 1.42. The highest BCUT2D eigenvalue weighted by Crippen LogP contribution is 2.22. The molecule has 126 valence electrons. The summed E-state index contributed by atoms with van der Waals surface area (Å²) < 4.78 is 0. The zero-order valence-electron chi connectivity index (χ0n) is 14.0. The third kappa shape index (κ3) is 3.74. The van der Waals surface area contributed by atoms with Crippen LogP contribution in [0, 0.1) is 6.92 Å². The maximum Gasteiger partial charge on any atom is 0.266 e. The van der Waals surface area contributed by atoms with Crippen LogP contribution in [0.15, 0.2) is 48.5 Å². The summed E-state index contributed by atoms with van der Waals surface area (Å²) in [5.74, 6) is 0.0847. The minimum absolute atomic E-state index is 0.0847. The number of amides is 1. The first-order valence-electron chi connectivity index (χ1n) is 8.27. The first-order valence-corrected chi connectivity index (χ1v) is 9.15. The number of rotatable bonds is 6. The molecule has 1 aromatic heterocycles. The van der Waals surface area contributed by atoms with Gasteiger partial charge in [-0.15, -0.1) is 17.9 Å². The summed E-state index contributed by atoms with van der Waals surface area (Å²) in [6.07, 6.45) is 2.82. The van der Waals surface area contributed by atoms with E-state index in [4.69, 9.17) is 0 Å². The Balaban J connectivity index is 1.68. The van der Waals surface area contributed by atoms with Gasteiger partial charge >= 0.3 is 0 Å². The minimum atomic E-state index is 0.0847. The van der Waals surface area contributed by atoms with Gasteiger partial charge in [0.05, 0.1) is 11.2 Å². The molecule has 3 rings (SSSR count). The molecule has 0 bridgehead atoms. The van der Waals surface area contributed by atoms with Gasteiger partial charge < -0.3 is 4.90 Å². The predicted octanol–water partition coefficient (Wildman–Crippen LogP) is 3.35. The Labute approximate surface area is 147 Å². The Bertz CT molecular complexity index is 698. The van der Waals surface area contributed by atoms with Gasteiger partial charge in [0, 0.05) is 32.2 Å². The van der Waals surface area contributed by atoms with Crippen LogP contribution in [-0.2, 0) is 6.54 Å². The van der Waals surface area contributed by atoms with E-state index in [1.165, 1.54) is 16.9 Å². The third-order valence-electron chi connectivity index (χ3n) is 4.46. The number of hydrogen-bond donors (Lipinski definition) is 0. The van der Waals surface area contributed by atoms with Crippen molar-refractivity contribution in [3.8, 4) is 0 Å². The fraction of sp³-hybridized carbons (Fsp3) is 0.368. The summed E-state index contributed by atoms with van der Waals surface area (Å²) in [4.78, 5) is 22.2. The van der Waals surface area contributed by atoms with Crippen molar-refractivity contribution in [3.05, 3.63) is 64.6 Å². The van der Waals surface area contributed by atoms with Crippen molar-refractivity contribution in [2.45, 2.75) is 25.9 Å². The molecule has 0 aliphatic carbocycles. The van der Waals surface area contributed by atoms with Gasteiger partial charge in [0.1, 0.15) is 4.88 Å². The molecule has 0 spiro atoms. The van der Waals surface area contributed by atoms with Crippen LogP contribution in [0.1, 0.15) is 27.3 Å². The molecule has 1 aromatic carbocycles. The van der Waals surface area contributed by atoms with Crippen LogP contribution < -0.4 is 0 Å². The number of hydrogen-bond acceptors (Lipinski definition) is 4. The fourth-order valence-corrected chi connectivity index (χ4v) is 3.98. The number of aryl methyl sites for hydroxylation is 1. The Kier molecular flexibility index (Phi) is 5.43. The molecule has 2 aromatic rings.